The van der Waals surface area contributed by atoms with Crippen molar-refractivity contribution in [1.82, 2.24) is 9.97 Å². The molecule has 0 spiro atoms. The van der Waals surface area contributed by atoms with E-state index >= 15 is 0 Å². The number of aryl methyl sites for hydroxylation is 2. The van der Waals surface area contributed by atoms with Crippen LogP contribution >= 0.6 is 0 Å². The predicted molar refractivity (Wildman–Crippen MR) is 146 cm³/mol. The molecule has 0 atom stereocenters. The van der Waals surface area contributed by atoms with Crippen molar-refractivity contribution in [3.63, 3.8) is 0 Å². The Labute approximate surface area is 210 Å². The average Bonchev–Trinajstić information content (AvgIpc) is 2.93. The van der Waals surface area contributed by atoms with Crippen molar-refractivity contribution in [2.75, 3.05) is 10.6 Å². The van der Waals surface area contributed by atoms with Crippen molar-refractivity contribution in [1.29, 1.82) is 0 Å². The first-order valence-corrected chi connectivity index (χ1v) is 12.4. The van der Waals surface area contributed by atoms with Gasteiger partial charge in [-0.1, -0.05) is 54.6 Å². The lowest BCUT2D eigenvalue weighted by Crippen LogP contribution is -2.13. The van der Waals surface area contributed by atoms with Crippen LogP contribution in [-0.2, 0) is 12.8 Å². The Morgan fingerprint density at radius 3 is 2.25 bits per heavy atom. The number of rotatable bonds is 5. The van der Waals surface area contributed by atoms with Gasteiger partial charge in [-0.05, 0) is 79.3 Å². The number of hydrogen-bond acceptors (Lipinski definition) is 4. The first-order chi connectivity index (χ1) is 17.7. The summed E-state index contributed by atoms with van der Waals surface area (Å²) in [5.74, 6) is 0.393. The largest absolute Gasteiger partial charge is 0.324 e. The van der Waals surface area contributed by atoms with E-state index in [-0.39, 0.29) is 5.91 Å². The van der Waals surface area contributed by atoms with Crippen molar-refractivity contribution < 1.29 is 4.79 Å². The zero-order valence-electron chi connectivity index (χ0n) is 19.9. The summed E-state index contributed by atoms with van der Waals surface area (Å²) in [5.41, 5.74) is 7.80. The molecule has 6 rings (SSSR count). The maximum Gasteiger partial charge on any atom is 0.255 e. The number of hydrogen-bond donors (Lipinski definition) is 2. The fourth-order valence-electron chi connectivity index (χ4n) is 4.80. The van der Waals surface area contributed by atoms with Crippen LogP contribution in [0, 0.1) is 0 Å². The highest BCUT2D eigenvalue weighted by molar-refractivity contribution is 6.04. The molecule has 5 aromatic rings. The minimum atomic E-state index is -0.120. The summed E-state index contributed by atoms with van der Waals surface area (Å²) < 4.78 is 0. The van der Waals surface area contributed by atoms with Crippen LogP contribution in [-0.4, -0.2) is 15.9 Å². The number of anilines is 3. The number of amides is 1. The Kier molecular flexibility index (Phi) is 5.88. The molecule has 1 aliphatic rings. The molecule has 5 nitrogen and oxygen atoms in total. The quantitative estimate of drug-likeness (QED) is 0.286. The van der Waals surface area contributed by atoms with Gasteiger partial charge < -0.3 is 10.6 Å². The Bertz CT molecular complexity index is 1550. The molecule has 0 unspecified atom stereocenters. The lowest BCUT2D eigenvalue weighted by Gasteiger charge is -2.17. The van der Waals surface area contributed by atoms with Gasteiger partial charge in [-0.25, -0.2) is 9.97 Å². The van der Waals surface area contributed by atoms with Gasteiger partial charge in [-0.3, -0.25) is 4.79 Å². The minimum Gasteiger partial charge on any atom is -0.324 e. The summed E-state index contributed by atoms with van der Waals surface area (Å²) in [7, 11) is 0. The van der Waals surface area contributed by atoms with Crippen LogP contribution in [0.4, 0.5) is 17.3 Å². The molecule has 0 saturated heterocycles. The lowest BCUT2D eigenvalue weighted by atomic mass is 9.91. The number of aromatic nitrogens is 2. The number of nitrogens with zero attached hydrogens (tertiary/aromatic N) is 2. The van der Waals surface area contributed by atoms with E-state index in [9.17, 15) is 4.79 Å². The van der Waals surface area contributed by atoms with Gasteiger partial charge in [0.2, 0.25) is 5.95 Å². The number of nitrogens with one attached hydrogen (secondary N) is 2. The number of para-hydroxylation sites is 1. The highest BCUT2D eigenvalue weighted by Gasteiger charge is 2.13. The van der Waals surface area contributed by atoms with Crippen molar-refractivity contribution in [3.05, 3.63) is 114 Å². The Balaban J connectivity index is 1.21. The summed E-state index contributed by atoms with van der Waals surface area (Å²) in [6.45, 7) is 0. The van der Waals surface area contributed by atoms with Crippen LogP contribution in [0.5, 0.6) is 0 Å². The number of carbonyl (C=O) groups is 1. The molecule has 0 bridgehead atoms. The zero-order chi connectivity index (χ0) is 24.3. The van der Waals surface area contributed by atoms with Crippen LogP contribution in [0.15, 0.2) is 97.1 Å². The second-order valence-electron chi connectivity index (χ2n) is 9.13. The Morgan fingerprint density at radius 2 is 1.42 bits per heavy atom. The van der Waals surface area contributed by atoms with E-state index in [0.717, 1.165) is 46.4 Å². The van der Waals surface area contributed by atoms with Gasteiger partial charge >= 0.3 is 0 Å². The molecule has 2 N–H and O–H groups in total. The zero-order valence-corrected chi connectivity index (χ0v) is 19.9. The third-order valence-corrected chi connectivity index (χ3v) is 6.66. The third kappa shape index (κ3) is 4.56. The average molecular weight is 471 g/mol. The van der Waals surface area contributed by atoms with Gasteiger partial charge in [0.25, 0.3) is 5.91 Å². The maximum atomic E-state index is 12.8. The van der Waals surface area contributed by atoms with E-state index in [0.29, 0.717) is 11.5 Å². The molecule has 0 fully saturated rings. The minimum absolute atomic E-state index is 0.120. The molecule has 0 radical (unpaired) electrons. The van der Waals surface area contributed by atoms with Gasteiger partial charge in [0, 0.05) is 27.9 Å². The van der Waals surface area contributed by atoms with E-state index < -0.39 is 0 Å². The molecule has 4 aromatic carbocycles. The Morgan fingerprint density at radius 1 is 0.694 bits per heavy atom. The normalized spacial score (nSPS) is 12.7. The van der Waals surface area contributed by atoms with Crippen molar-refractivity contribution >= 4 is 34.1 Å². The lowest BCUT2D eigenvalue weighted by molar-refractivity contribution is 0.102. The van der Waals surface area contributed by atoms with Crippen LogP contribution in [0.1, 0.15) is 34.3 Å². The summed E-state index contributed by atoms with van der Waals surface area (Å²) >= 11 is 0. The molecule has 1 aromatic heterocycles. The first kappa shape index (κ1) is 22.0. The number of benzene rings is 4. The molecular formula is C31H26N4O. The monoisotopic (exact) mass is 470 g/mol. The van der Waals surface area contributed by atoms with Gasteiger partial charge in [0.1, 0.15) is 0 Å². The van der Waals surface area contributed by atoms with E-state index in [1.165, 1.54) is 24.0 Å². The van der Waals surface area contributed by atoms with Crippen LogP contribution < -0.4 is 10.6 Å². The molecule has 1 amide bonds. The SMILES string of the molecule is O=C(Nc1ccc2c(c1)CCCC2)c1ccc(Nc2nc(-c3ccccc3)c3ccccc3n2)cc1. The summed E-state index contributed by atoms with van der Waals surface area (Å²) in [5, 5.41) is 7.34. The summed E-state index contributed by atoms with van der Waals surface area (Å²) in [6, 6.07) is 31.8. The molecule has 36 heavy (non-hydrogen) atoms. The van der Waals surface area contributed by atoms with Crippen LogP contribution in [0.25, 0.3) is 22.2 Å². The maximum absolute atomic E-state index is 12.8. The molecule has 176 valence electrons. The standard InChI is InChI=1S/C31H26N4O/c36-30(32-26-19-14-21-8-4-5-11-24(21)20-26)23-15-17-25(18-16-23)33-31-34-28-13-7-6-12-27(28)29(35-31)22-9-2-1-3-10-22/h1-3,6-7,9-10,12-20H,4-5,8,11H2,(H,32,36)(H,33,34,35). The van der Waals surface area contributed by atoms with E-state index in [1.807, 2.05) is 72.8 Å². The van der Waals surface area contributed by atoms with E-state index in [4.69, 9.17) is 9.97 Å². The highest BCUT2D eigenvalue weighted by Crippen LogP contribution is 2.28. The molecule has 0 saturated carbocycles. The summed E-state index contributed by atoms with van der Waals surface area (Å²) in [4.78, 5) is 22.4. The Hall–Kier alpha value is -4.51. The first-order valence-electron chi connectivity index (χ1n) is 12.4. The number of carbonyl (C=O) groups excluding carboxylic acids is 1. The van der Waals surface area contributed by atoms with Crippen LogP contribution in [0.2, 0.25) is 0 Å². The predicted octanol–water partition coefficient (Wildman–Crippen LogP) is 7.17. The molecule has 0 aliphatic heterocycles. The smallest absolute Gasteiger partial charge is 0.255 e. The third-order valence-electron chi connectivity index (χ3n) is 6.66. The highest BCUT2D eigenvalue weighted by atomic mass is 16.1. The summed E-state index contributed by atoms with van der Waals surface area (Å²) in [6.07, 6.45) is 4.68. The van der Waals surface area contributed by atoms with Gasteiger partial charge in [0.05, 0.1) is 11.2 Å². The van der Waals surface area contributed by atoms with Crippen molar-refractivity contribution in [2.45, 2.75) is 25.7 Å². The second kappa shape index (κ2) is 9.62. The van der Waals surface area contributed by atoms with Gasteiger partial charge in [0.15, 0.2) is 0 Å². The molecule has 1 aliphatic carbocycles. The van der Waals surface area contributed by atoms with Gasteiger partial charge in [-0.15, -0.1) is 0 Å². The molecule has 5 heteroatoms. The van der Waals surface area contributed by atoms with Gasteiger partial charge in [-0.2, -0.15) is 0 Å². The second-order valence-corrected chi connectivity index (χ2v) is 9.13. The molecule has 1 heterocycles. The fourth-order valence-corrected chi connectivity index (χ4v) is 4.80. The van der Waals surface area contributed by atoms with Crippen molar-refractivity contribution in [2.24, 2.45) is 0 Å². The topological polar surface area (TPSA) is 66.9 Å². The molecular weight excluding hydrogens is 444 g/mol. The van der Waals surface area contributed by atoms with Crippen LogP contribution in [0.3, 0.4) is 0 Å². The number of fused-ring (bicyclic) bond motifs is 2. The fraction of sp³-hybridized carbons (Fsp3) is 0.129. The van der Waals surface area contributed by atoms with E-state index in [2.05, 4.69) is 34.9 Å². The van der Waals surface area contributed by atoms with Crippen molar-refractivity contribution in [3.8, 4) is 11.3 Å². The van der Waals surface area contributed by atoms with E-state index in [1.54, 1.807) is 0 Å².